The van der Waals surface area contributed by atoms with Crippen LogP contribution < -0.4 is 15.4 Å². The van der Waals surface area contributed by atoms with Gasteiger partial charge in [0.1, 0.15) is 11.3 Å². The number of fused-ring (bicyclic) bond motifs is 1. The van der Waals surface area contributed by atoms with Crippen LogP contribution in [0.4, 0.5) is 0 Å². The number of piperazine rings is 1. The zero-order valence-corrected chi connectivity index (χ0v) is 11.7. The van der Waals surface area contributed by atoms with Gasteiger partial charge in [0.25, 0.3) is 0 Å². The van der Waals surface area contributed by atoms with Gasteiger partial charge in [0.05, 0.1) is 7.11 Å². The van der Waals surface area contributed by atoms with Gasteiger partial charge < -0.3 is 10.1 Å². The summed E-state index contributed by atoms with van der Waals surface area (Å²) in [4.78, 5) is 12.2. The number of rotatable bonds is 2. The molecule has 1 aliphatic rings. The molecule has 20 heavy (non-hydrogen) atoms. The van der Waals surface area contributed by atoms with Gasteiger partial charge in [-0.2, -0.15) is 0 Å². The smallest absolute Gasteiger partial charge is 0.244 e. The normalized spacial score (nSPS) is 22.6. The van der Waals surface area contributed by atoms with Crippen LogP contribution in [-0.4, -0.2) is 26.1 Å². The Kier molecular flexibility index (Phi) is 3.10. The number of methoxy groups -OCH3 is 1. The molecule has 104 valence electrons. The second-order valence-electron chi connectivity index (χ2n) is 5.24. The number of ether oxygens (including phenoxy) is 1. The van der Waals surface area contributed by atoms with Crippen molar-refractivity contribution in [2.75, 3.05) is 20.2 Å². The first-order chi connectivity index (χ1) is 9.63. The van der Waals surface area contributed by atoms with Crippen LogP contribution in [0.3, 0.4) is 0 Å². The number of nitrogens with one attached hydrogen (secondary N) is 2. The van der Waals surface area contributed by atoms with Crippen LogP contribution in [0.2, 0.25) is 0 Å². The molecule has 2 aromatic rings. The largest absolute Gasteiger partial charge is 0.497 e. The third-order valence-electron chi connectivity index (χ3n) is 3.97. The van der Waals surface area contributed by atoms with Crippen LogP contribution in [0.1, 0.15) is 12.5 Å². The lowest BCUT2D eigenvalue weighted by molar-refractivity contribution is -0.128. The Bertz CT molecular complexity index is 669. The average Bonchev–Trinajstić information content (AvgIpc) is 2.49. The van der Waals surface area contributed by atoms with E-state index in [9.17, 15) is 4.79 Å². The molecule has 3 rings (SSSR count). The minimum atomic E-state index is -0.660. The van der Waals surface area contributed by atoms with Crippen molar-refractivity contribution >= 4 is 16.7 Å². The molecule has 1 unspecified atom stereocenters. The van der Waals surface area contributed by atoms with Crippen LogP contribution >= 0.6 is 0 Å². The van der Waals surface area contributed by atoms with Crippen molar-refractivity contribution in [3.8, 4) is 5.75 Å². The van der Waals surface area contributed by atoms with Crippen molar-refractivity contribution in [1.82, 2.24) is 10.6 Å². The van der Waals surface area contributed by atoms with Crippen LogP contribution in [0.5, 0.6) is 5.75 Å². The molecule has 1 atom stereocenters. The topological polar surface area (TPSA) is 50.4 Å². The lowest BCUT2D eigenvalue weighted by atomic mass is 9.88. The first kappa shape index (κ1) is 12.9. The highest BCUT2D eigenvalue weighted by molar-refractivity contribution is 5.91. The Hall–Kier alpha value is -2.07. The number of hydrogen-bond donors (Lipinski definition) is 2. The summed E-state index contributed by atoms with van der Waals surface area (Å²) < 4.78 is 5.23. The van der Waals surface area contributed by atoms with Gasteiger partial charge in [-0.1, -0.05) is 18.2 Å². The maximum atomic E-state index is 12.2. The van der Waals surface area contributed by atoms with Gasteiger partial charge in [0, 0.05) is 13.1 Å². The predicted octanol–water partition coefficient (Wildman–Crippen LogP) is 1.78. The van der Waals surface area contributed by atoms with Crippen molar-refractivity contribution < 1.29 is 9.53 Å². The molecule has 4 nitrogen and oxygen atoms in total. The zero-order chi connectivity index (χ0) is 14.2. The van der Waals surface area contributed by atoms with Gasteiger partial charge in [-0.15, -0.1) is 0 Å². The number of benzene rings is 2. The molecule has 0 spiro atoms. The third-order valence-corrected chi connectivity index (χ3v) is 3.97. The first-order valence-electron chi connectivity index (χ1n) is 6.75. The minimum Gasteiger partial charge on any atom is -0.497 e. The summed E-state index contributed by atoms with van der Waals surface area (Å²) in [5, 5.41) is 8.43. The Labute approximate surface area is 118 Å². The fourth-order valence-corrected chi connectivity index (χ4v) is 2.64. The number of hydrogen-bond acceptors (Lipinski definition) is 3. The fraction of sp³-hybridized carbons (Fsp3) is 0.312. The molecule has 1 fully saturated rings. The Morgan fingerprint density at radius 3 is 2.60 bits per heavy atom. The fourth-order valence-electron chi connectivity index (χ4n) is 2.64. The van der Waals surface area contributed by atoms with E-state index in [2.05, 4.69) is 16.7 Å². The van der Waals surface area contributed by atoms with Gasteiger partial charge in [-0.3, -0.25) is 10.1 Å². The van der Waals surface area contributed by atoms with E-state index in [1.807, 2.05) is 37.3 Å². The molecule has 4 heteroatoms. The summed E-state index contributed by atoms with van der Waals surface area (Å²) in [6.45, 7) is 3.38. The van der Waals surface area contributed by atoms with E-state index in [1.54, 1.807) is 7.11 Å². The minimum absolute atomic E-state index is 0.0246. The van der Waals surface area contributed by atoms with E-state index in [-0.39, 0.29) is 5.91 Å². The summed E-state index contributed by atoms with van der Waals surface area (Å²) in [7, 11) is 1.66. The van der Waals surface area contributed by atoms with Crippen molar-refractivity contribution in [3.63, 3.8) is 0 Å². The highest BCUT2D eigenvalue weighted by atomic mass is 16.5. The molecule has 0 aromatic heterocycles. The van der Waals surface area contributed by atoms with E-state index < -0.39 is 5.54 Å². The molecule has 0 aliphatic carbocycles. The highest BCUT2D eigenvalue weighted by Gasteiger charge is 2.36. The quantitative estimate of drug-likeness (QED) is 0.874. The Morgan fingerprint density at radius 1 is 1.10 bits per heavy atom. The van der Waals surface area contributed by atoms with Gasteiger partial charge in [0.2, 0.25) is 5.91 Å². The molecule has 0 radical (unpaired) electrons. The zero-order valence-electron chi connectivity index (χ0n) is 11.7. The van der Waals surface area contributed by atoms with E-state index in [0.717, 1.165) is 28.6 Å². The molecule has 1 heterocycles. The van der Waals surface area contributed by atoms with Crippen molar-refractivity contribution in [2.24, 2.45) is 0 Å². The lowest BCUT2D eigenvalue weighted by Crippen LogP contribution is -2.59. The van der Waals surface area contributed by atoms with Gasteiger partial charge in [0.15, 0.2) is 0 Å². The van der Waals surface area contributed by atoms with Crippen LogP contribution in [-0.2, 0) is 10.3 Å². The lowest BCUT2D eigenvalue weighted by Gasteiger charge is -2.34. The molecule has 0 saturated carbocycles. The Balaban J connectivity index is 2.06. The second-order valence-corrected chi connectivity index (χ2v) is 5.24. The molecule has 0 bridgehead atoms. The van der Waals surface area contributed by atoms with Crippen molar-refractivity contribution in [2.45, 2.75) is 12.5 Å². The third kappa shape index (κ3) is 2.02. The van der Waals surface area contributed by atoms with E-state index in [4.69, 9.17) is 4.74 Å². The summed E-state index contributed by atoms with van der Waals surface area (Å²) in [5.74, 6) is 0.863. The number of carbonyl (C=O) groups is 1. The van der Waals surface area contributed by atoms with Crippen LogP contribution in [0.15, 0.2) is 36.4 Å². The van der Waals surface area contributed by atoms with Crippen molar-refractivity contribution in [1.29, 1.82) is 0 Å². The summed E-state index contributed by atoms with van der Waals surface area (Å²) in [6, 6.07) is 12.0. The first-order valence-corrected chi connectivity index (χ1v) is 6.75. The van der Waals surface area contributed by atoms with Gasteiger partial charge >= 0.3 is 0 Å². The highest BCUT2D eigenvalue weighted by Crippen LogP contribution is 2.28. The average molecular weight is 270 g/mol. The summed E-state index contributed by atoms with van der Waals surface area (Å²) in [6.07, 6.45) is 0. The molecular weight excluding hydrogens is 252 g/mol. The van der Waals surface area contributed by atoms with E-state index >= 15 is 0 Å². The second kappa shape index (κ2) is 4.80. The molecule has 1 amide bonds. The van der Waals surface area contributed by atoms with Crippen LogP contribution in [0, 0.1) is 0 Å². The van der Waals surface area contributed by atoms with E-state index in [0.29, 0.717) is 6.54 Å². The summed E-state index contributed by atoms with van der Waals surface area (Å²) >= 11 is 0. The maximum absolute atomic E-state index is 12.2. The molecule has 1 saturated heterocycles. The molecule has 2 aromatic carbocycles. The van der Waals surface area contributed by atoms with Crippen molar-refractivity contribution in [3.05, 3.63) is 42.0 Å². The number of carbonyl (C=O) groups excluding carboxylic acids is 1. The number of amides is 1. The predicted molar refractivity (Wildman–Crippen MR) is 78.9 cm³/mol. The van der Waals surface area contributed by atoms with Gasteiger partial charge in [-0.05, 0) is 41.5 Å². The van der Waals surface area contributed by atoms with E-state index in [1.165, 1.54) is 0 Å². The SMILES string of the molecule is COc1ccc2cc(C3(C)NCCNC3=O)ccc2c1. The standard InChI is InChI=1S/C16H18N2O2/c1-16(15(19)17-7-8-18-16)13-5-3-12-10-14(20-2)6-4-11(12)9-13/h3-6,9-10,18H,7-8H2,1-2H3,(H,17,19). The Morgan fingerprint density at radius 2 is 1.85 bits per heavy atom. The van der Waals surface area contributed by atoms with Crippen LogP contribution in [0.25, 0.3) is 10.8 Å². The summed E-state index contributed by atoms with van der Waals surface area (Å²) in [5.41, 5.74) is 0.319. The maximum Gasteiger partial charge on any atom is 0.244 e. The molecule has 1 aliphatic heterocycles. The monoisotopic (exact) mass is 270 g/mol. The molecular formula is C16H18N2O2. The van der Waals surface area contributed by atoms with Gasteiger partial charge in [-0.25, -0.2) is 0 Å². The molecule has 2 N–H and O–H groups in total.